The maximum absolute atomic E-state index is 13.1. The van der Waals surface area contributed by atoms with Gasteiger partial charge in [-0.05, 0) is 5.56 Å². The molecule has 0 aromatic heterocycles. The van der Waals surface area contributed by atoms with Crippen molar-refractivity contribution in [2.45, 2.75) is 12.3 Å². The van der Waals surface area contributed by atoms with Gasteiger partial charge in [-0.2, -0.15) is 0 Å². The summed E-state index contributed by atoms with van der Waals surface area (Å²) in [5.74, 6) is -2.93. The molecule has 1 aromatic rings. The molecular formula is C10H12F2O2. The second-order valence-electron chi connectivity index (χ2n) is 3.00. The van der Waals surface area contributed by atoms with Gasteiger partial charge in [-0.1, -0.05) is 30.3 Å². The van der Waals surface area contributed by atoms with Crippen LogP contribution in [0.25, 0.3) is 0 Å². The first kappa shape index (κ1) is 11.1. The van der Waals surface area contributed by atoms with Crippen LogP contribution in [0.1, 0.15) is 5.56 Å². The highest BCUT2D eigenvalue weighted by molar-refractivity contribution is 5.16. The summed E-state index contributed by atoms with van der Waals surface area (Å²) in [6.07, 6.45) is -0.367. The fourth-order valence-electron chi connectivity index (χ4n) is 1.14. The summed E-state index contributed by atoms with van der Waals surface area (Å²) in [5, 5.41) is 8.24. The fraction of sp³-hybridized carbons (Fsp3) is 0.400. The van der Waals surface area contributed by atoms with Crippen molar-refractivity contribution in [1.29, 1.82) is 0 Å². The van der Waals surface area contributed by atoms with Crippen LogP contribution in [0.2, 0.25) is 0 Å². The van der Waals surface area contributed by atoms with Crippen LogP contribution in [-0.2, 0) is 11.2 Å². The molecule has 1 aromatic carbocycles. The number of aliphatic hydroxyl groups excluding tert-OH is 1. The quantitative estimate of drug-likeness (QED) is 0.738. The molecule has 0 fully saturated rings. The minimum absolute atomic E-state index is 0.367. The lowest BCUT2D eigenvalue weighted by Crippen LogP contribution is -2.26. The molecule has 2 nitrogen and oxygen atoms in total. The van der Waals surface area contributed by atoms with E-state index in [1.165, 1.54) is 0 Å². The summed E-state index contributed by atoms with van der Waals surface area (Å²) in [7, 11) is 0. The van der Waals surface area contributed by atoms with Crippen LogP contribution in [-0.4, -0.2) is 24.4 Å². The Morgan fingerprint density at radius 3 is 2.43 bits per heavy atom. The van der Waals surface area contributed by atoms with Crippen LogP contribution in [0, 0.1) is 0 Å². The number of ether oxygens (including phenoxy) is 1. The predicted octanol–water partition coefficient (Wildman–Crippen LogP) is 1.83. The van der Waals surface area contributed by atoms with Gasteiger partial charge < -0.3 is 9.84 Å². The first-order chi connectivity index (χ1) is 6.64. The number of halogens is 2. The van der Waals surface area contributed by atoms with Crippen molar-refractivity contribution in [1.82, 2.24) is 0 Å². The van der Waals surface area contributed by atoms with Crippen LogP contribution in [0.4, 0.5) is 8.78 Å². The Bertz CT molecular complexity index is 262. The number of hydrogen-bond donors (Lipinski definition) is 1. The van der Waals surface area contributed by atoms with Crippen LogP contribution < -0.4 is 0 Å². The summed E-state index contributed by atoms with van der Waals surface area (Å²) in [5.41, 5.74) is 0.555. The average Bonchev–Trinajstić information content (AvgIpc) is 2.16. The van der Waals surface area contributed by atoms with E-state index in [-0.39, 0.29) is 6.42 Å². The molecule has 0 aliphatic heterocycles. The third-order valence-electron chi connectivity index (χ3n) is 1.71. The second-order valence-corrected chi connectivity index (χ2v) is 3.00. The van der Waals surface area contributed by atoms with Crippen LogP contribution in [0.3, 0.4) is 0 Å². The molecule has 0 bridgehead atoms. The lowest BCUT2D eigenvalue weighted by atomic mass is 10.1. The predicted molar refractivity (Wildman–Crippen MR) is 48.1 cm³/mol. The second kappa shape index (κ2) is 5.02. The van der Waals surface area contributed by atoms with Crippen molar-refractivity contribution < 1.29 is 18.6 Å². The fourth-order valence-corrected chi connectivity index (χ4v) is 1.14. The van der Waals surface area contributed by atoms with Crippen LogP contribution in [0.15, 0.2) is 30.3 Å². The Morgan fingerprint density at radius 2 is 1.86 bits per heavy atom. The maximum atomic E-state index is 13.1. The summed E-state index contributed by atoms with van der Waals surface area (Å²) in [4.78, 5) is 0. The molecule has 4 heteroatoms. The number of rotatable bonds is 5. The third kappa shape index (κ3) is 3.81. The van der Waals surface area contributed by atoms with Gasteiger partial charge in [-0.3, -0.25) is 0 Å². The first-order valence-electron chi connectivity index (χ1n) is 4.24. The highest BCUT2D eigenvalue weighted by atomic mass is 19.3. The van der Waals surface area contributed by atoms with Gasteiger partial charge >= 0.3 is 0 Å². The van der Waals surface area contributed by atoms with E-state index in [1.807, 2.05) is 0 Å². The lowest BCUT2D eigenvalue weighted by molar-refractivity contribution is -0.111. The summed E-state index contributed by atoms with van der Waals surface area (Å²) in [6, 6.07) is 8.45. The van der Waals surface area contributed by atoms with Crippen molar-refractivity contribution in [2.24, 2.45) is 0 Å². The van der Waals surface area contributed by atoms with Crippen molar-refractivity contribution in [2.75, 3.05) is 13.4 Å². The van der Waals surface area contributed by atoms with Gasteiger partial charge in [0.2, 0.25) is 0 Å². The van der Waals surface area contributed by atoms with Gasteiger partial charge in [0, 0.05) is 6.42 Å². The molecule has 0 atom stereocenters. The Hall–Kier alpha value is -1.00. The van der Waals surface area contributed by atoms with Crippen LogP contribution >= 0.6 is 0 Å². The summed E-state index contributed by atoms with van der Waals surface area (Å²) in [6.45, 7) is -1.43. The minimum Gasteiger partial charge on any atom is -0.371 e. The Labute approximate surface area is 81.1 Å². The van der Waals surface area contributed by atoms with E-state index in [0.717, 1.165) is 0 Å². The van der Waals surface area contributed by atoms with E-state index in [0.29, 0.717) is 5.56 Å². The molecule has 0 amide bonds. The highest BCUT2D eigenvalue weighted by Gasteiger charge is 2.29. The zero-order valence-corrected chi connectivity index (χ0v) is 7.62. The van der Waals surface area contributed by atoms with E-state index in [9.17, 15) is 8.78 Å². The number of alkyl halides is 2. The Kier molecular flexibility index (Phi) is 3.98. The van der Waals surface area contributed by atoms with Gasteiger partial charge in [0.25, 0.3) is 5.92 Å². The van der Waals surface area contributed by atoms with E-state index in [2.05, 4.69) is 4.74 Å². The third-order valence-corrected chi connectivity index (χ3v) is 1.71. The Morgan fingerprint density at radius 1 is 1.21 bits per heavy atom. The van der Waals surface area contributed by atoms with Crippen molar-refractivity contribution >= 4 is 0 Å². The Balaban J connectivity index is 2.50. The van der Waals surface area contributed by atoms with Gasteiger partial charge in [0.1, 0.15) is 13.4 Å². The van der Waals surface area contributed by atoms with Gasteiger partial charge in [-0.25, -0.2) is 8.78 Å². The summed E-state index contributed by atoms with van der Waals surface area (Å²) < 4.78 is 30.4. The standard InChI is InChI=1S/C10H12F2O2/c11-10(12,7-14-8-13)6-9-4-2-1-3-5-9/h1-5,13H,6-8H2. The molecule has 0 unspecified atom stereocenters. The molecule has 14 heavy (non-hydrogen) atoms. The topological polar surface area (TPSA) is 29.5 Å². The van der Waals surface area contributed by atoms with E-state index < -0.39 is 19.3 Å². The monoisotopic (exact) mass is 202 g/mol. The molecule has 0 aliphatic carbocycles. The molecule has 0 saturated heterocycles. The zero-order chi connectivity index (χ0) is 10.4. The molecule has 0 radical (unpaired) electrons. The number of hydrogen-bond acceptors (Lipinski definition) is 2. The van der Waals surface area contributed by atoms with Gasteiger partial charge in [-0.15, -0.1) is 0 Å². The molecule has 1 rings (SSSR count). The molecule has 0 aliphatic rings. The lowest BCUT2D eigenvalue weighted by Gasteiger charge is -2.15. The summed E-state index contributed by atoms with van der Waals surface area (Å²) >= 11 is 0. The molecule has 78 valence electrons. The SMILES string of the molecule is OCOCC(F)(F)Cc1ccccc1. The molecule has 0 spiro atoms. The van der Waals surface area contributed by atoms with E-state index >= 15 is 0 Å². The van der Waals surface area contributed by atoms with Crippen molar-refractivity contribution in [3.05, 3.63) is 35.9 Å². The average molecular weight is 202 g/mol. The first-order valence-corrected chi connectivity index (χ1v) is 4.24. The van der Waals surface area contributed by atoms with Crippen molar-refractivity contribution in [3.8, 4) is 0 Å². The number of benzene rings is 1. The van der Waals surface area contributed by atoms with E-state index in [4.69, 9.17) is 5.11 Å². The molecular weight excluding hydrogens is 190 g/mol. The molecule has 1 N–H and O–H groups in total. The van der Waals surface area contributed by atoms with Gasteiger partial charge in [0.15, 0.2) is 0 Å². The van der Waals surface area contributed by atoms with Gasteiger partial charge in [0.05, 0.1) is 0 Å². The maximum Gasteiger partial charge on any atom is 0.275 e. The largest absolute Gasteiger partial charge is 0.371 e. The molecule has 0 saturated carbocycles. The zero-order valence-electron chi connectivity index (χ0n) is 7.62. The molecule has 0 heterocycles. The van der Waals surface area contributed by atoms with Crippen LogP contribution in [0.5, 0.6) is 0 Å². The smallest absolute Gasteiger partial charge is 0.275 e. The highest BCUT2D eigenvalue weighted by Crippen LogP contribution is 2.20. The van der Waals surface area contributed by atoms with Crippen molar-refractivity contribution in [3.63, 3.8) is 0 Å². The van der Waals surface area contributed by atoms with E-state index in [1.54, 1.807) is 30.3 Å². The minimum atomic E-state index is -2.93. The normalized spacial score (nSPS) is 11.6. The number of aliphatic hydroxyl groups is 1.